The number of fused-ring (bicyclic) bond motifs is 1. The van der Waals surface area contributed by atoms with E-state index >= 15 is 0 Å². The lowest BCUT2D eigenvalue weighted by molar-refractivity contribution is 0.192. The normalized spacial score (nSPS) is 25.6. The summed E-state index contributed by atoms with van der Waals surface area (Å²) in [6.07, 6.45) is 6.36. The second kappa shape index (κ2) is 6.60. The molecule has 116 valence electrons. The first-order chi connectivity index (χ1) is 10.3. The molecule has 3 heterocycles. The molecule has 2 saturated heterocycles. The van der Waals surface area contributed by atoms with Crippen LogP contribution in [0, 0.1) is 6.92 Å². The minimum absolute atomic E-state index is 0.540. The van der Waals surface area contributed by atoms with Gasteiger partial charge in [-0.05, 0) is 39.2 Å². The SMILES string of the molecule is CCCNc1nc(C)cc(NC2CCN3CCCCC23)n1. The zero-order chi connectivity index (χ0) is 14.7. The van der Waals surface area contributed by atoms with Crippen LogP contribution in [0.25, 0.3) is 0 Å². The number of aromatic nitrogens is 2. The molecule has 0 saturated carbocycles. The second-order valence-corrected chi connectivity index (χ2v) is 6.28. The van der Waals surface area contributed by atoms with Gasteiger partial charge in [0, 0.05) is 36.9 Å². The van der Waals surface area contributed by atoms with E-state index in [1.807, 2.05) is 6.92 Å². The van der Waals surface area contributed by atoms with Crippen molar-refractivity contribution in [1.29, 1.82) is 0 Å². The Morgan fingerprint density at radius 2 is 2.14 bits per heavy atom. The number of anilines is 2. The molecule has 5 heteroatoms. The third-order valence-electron chi connectivity index (χ3n) is 4.58. The van der Waals surface area contributed by atoms with Crippen LogP contribution in [0.1, 0.15) is 44.7 Å². The maximum absolute atomic E-state index is 4.62. The summed E-state index contributed by atoms with van der Waals surface area (Å²) in [5.74, 6) is 1.72. The van der Waals surface area contributed by atoms with Crippen LogP contribution in [0.5, 0.6) is 0 Å². The third-order valence-corrected chi connectivity index (χ3v) is 4.58. The van der Waals surface area contributed by atoms with Gasteiger partial charge in [-0.2, -0.15) is 4.98 Å². The van der Waals surface area contributed by atoms with Gasteiger partial charge in [-0.15, -0.1) is 0 Å². The number of hydrogen-bond donors (Lipinski definition) is 2. The van der Waals surface area contributed by atoms with E-state index in [1.54, 1.807) is 0 Å². The van der Waals surface area contributed by atoms with E-state index in [1.165, 1.54) is 38.8 Å². The highest BCUT2D eigenvalue weighted by Crippen LogP contribution is 2.29. The zero-order valence-electron chi connectivity index (χ0n) is 13.2. The molecule has 5 nitrogen and oxygen atoms in total. The molecule has 0 aromatic carbocycles. The van der Waals surface area contributed by atoms with Gasteiger partial charge in [-0.1, -0.05) is 13.3 Å². The lowest BCUT2D eigenvalue weighted by Crippen LogP contribution is -2.41. The maximum Gasteiger partial charge on any atom is 0.224 e. The van der Waals surface area contributed by atoms with Crippen molar-refractivity contribution in [1.82, 2.24) is 14.9 Å². The molecule has 21 heavy (non-hydrogen) atoms. The van der Waals surface area contributed by atoms with Gasteiger partial charge in [0.2, 0.25) is 5.95 Å². The van der Waals surface area contributed by atoms with E-state index in [0.29, 0.717) is 12.1 Å². The average Bonchev–Trinajstić information content (AvgIpc) is 2.88. The molecule has 2 aliphatic rings. The standard InChI is InChI=1S/C16H27N5/c1-3-8-17-16-18-12(2)11-15(20-16)19-13-7-10-21-9-5-4-6-14(13)21/h11,13-14H,3-10H2,1-2H3,(H2,17,18,19,20). The quantitative estimate of drug-likeness (QED) is 0.873. The van der Waals surface area contributed by atoms with Crippen LogP contribution in [0.15, 0.2) is 6.07 Å². The Kier molecular flexibility index (Phi) is 4.58. The molecule has 3 rings (SSSR count). The summed E-state index contributed by atoms with van der Waals surface area (Å²) in [6, 6.07) is 3.29. The molecule has 2 aliphatic heterocycles. The number of piperidine rings is 1. The van der Waals surface area contributed by atoms with Gasteiger partial charge in [-0.3, -0.25) is 4.90 Å². The highest BCUT2D eigenvalue weighted by Gasteiger charge is 2.35. The molecule has 0 radical (unpaired) electrons. The van der Waals surface area contributed by atoms with Crippen molar-refractivity contribution in [3.05, 3.63) is 11.8 Å². The van der Waals surface area contributed by atoms with E-state index in [9.17, 15) is 0 Å². The Labute approximate surface area is 127 Å². The van der Waals surface area contributed by atoms with Crippen LogP contribution >= 0.6 is 0 Å². The number of nitrogens with one attached hydrogen (secondary N) is 2. The smallest absolute Gasteiger partial charge is 0.224 e. The van der Waals surface area contributed by atoms with Gasteiger partial charge in [-0.25, -0.2) is 4.98 Å². The third kappa shape index (κ3) is 3.46. The average molecular weight is 289 g/mol. The van der Waals surface area contributed by atoms with Crippen LogP contribution in [-0.4, -0.2) is 46.6 Å². The molecule has 0 bridgehead atoms. The number of rotatable bonds is 5. The largest absolute Gasteiger partial charge is 0.366 e. The van der Waals surface area contributed by atoms with Gasteiger partial charge in [0.25, 0.3) is 0 Å². The van der Waals surface area contributed by atoms with Crippen LogP contribution in [0.2, 0.25) is 0 Å². The number of nitrogens with zero attached hydrogens (tertiary/aromatic N) is 3. The van der Waals surface area contributed by atoms with Crippen LogP contribution in [0.4, 0.5) is 11.8 Å². The summed E-state index contributed by atoms with van der Waals surface area (Å²) in [4.78, 5) is 11.7. The van der Waals surface area contributed by atoms with Crippen LogP contribution in [0.3, 0.4) is 0 Å². The van der Waals surface area contributed by atoms with Gasteiger partial charge in [0.1, 0.15) is 5.82 Å². The van der Waals surface area contributed by atoms with Crippen molar-refractivity contribution in [3.8, 4) is 0 Å². The highest BCUT2D eigenvalue weighted by molar-refractivity contribution is 5.43. The van der Waals surface area contributed by atoms with Crippen molar-refractivity contribution in [3.63, 3.8) is 0 Å². The van der Waals surface area contributed by atoms with Crippen molar-refractivity contribution >= 4 is 11.8 Å². The molecular formula is C16H27N5. The van der Waals surface area contributed by atoms with Crippen LogP contribution in [-0.2, 0) is 0 Å². The summed E-state index contributed by atoms with van der Waals surface area (Å²) in [6.45, 7) is 7.61. The minimum atomic E-state index is 0.540. The Hall–Kier alpha value is -1.36. The molecule has 0 spiro atoms. The molecule has 0 aliphatic carbocycles. The fourth-order valence-electron chi connectivity index (χ4n) is 3.56. The van der Waals surface area contributed by atoms with E-state index in [-0.39, 0.29) is 0 Å². The second-order valence-electron chi connectivity index (χ2n) is 6.28. The Balaban J connectivity index is 1.68. The molecule has 1 aromatic heterocycles. The molecule has 2 N–H and O–H groups in total. The molecule has 1 aromatic rings. The lowest BCUT2D eigenvalue weighted by atomic mass is 9.99. The monoisotopic (exact) mass is 289 g/mol. The van der Waals surface area contributed by atoms with Gasteiger partial charge >= 0.3 is 0 Å². The van der Waals surface area contributed by atoms with Crippen LogP contribution < -0.4 is 10.6 Å². The number of hydrogen-bond acceptors (Lipinski definition) is 5. The highest BCUT2D eigenvalue weighted by atomic mass is 15.2. The minimum Gasteiger partial charge on any atom is -0.366 e. The van der Waals surface area contributed by atoms with E-state index in [0.717, 1.165) is 30.4 Å². The topological polar surface area (TPSA) is 53.1 Å². The van der Waals surface area contributed by atoms with Gasteiger partial charge in [0.05, 0.1) is 0 Å². The summed E-state index contributed by atoms with van der Waals surface area (Å²) < 4.78 is 0. The summed E-state index contributed by atoms with van der Waals surface area (Å²) in [7, 11) is 0. The fourth-order valence-corrected chi connectivity index (χ4v) is 3.56. The maximum atomic E-state index is 4.62. The summed E-state index contributed by atoms with van der Waals surface area (Å²) in [5, 5.41) is 6.95. The first-order valence-electron chi connectivity index (χ1n) is 8.36. The predicted octanol–water partition coefficient (Wildman–Crippen LogP) is 2.65. The Morgan fingerprint density at radius 1 is 1.24 bits per heavy atom. The van der Waals surface area contributed by atoms with Crippen molar-refractivity contribution < 1.29 is 0 Å². The molecule has 2 fully saturated rings. The molecule has 0 amide bonds. The van der Waals surface area contributed by atoms with Gasteiger partial charge in [0.15, 0.2) is 0 Å². The zero-order valence-corrected chi connectivity index (χ0v) is 13.2. The first kappa shape index (κ1) is 14.6. The number of aryl methyl sites for hydroxylation is 1. The van der Waals surface area contributed by atoms with Crippen molar-refractivity contribution in [2.75, 3.05) is 30.3 Å². The van der Waals surface area contributed by atoms with E-state index in [2.05, 4.69) is 38.5 Å². The summed E-state index contributed by atoms with van der Waals surface area (Å²) in [5.41, 5.74) is 1.02. The Morgan fingerprint density at radius 3 is 3.00 bits per heavy atom. The first-order valence-corrected chi connectivity index (χ1v) is 8.36. The fraction of sp³-hybridized carbons (Fsp3) is 0.750. The predicted molar refractivity (Wildman–Crippen MR) is 86.8 cm³/mol. The van der Waals surface area contributed by atoms with E-state index in [4.69, 9.17) is 0 Å². The Bertz CT molecular complexity index is 476. The summed E-state index contributed by atoms with van der Waals surface area (Å²) >= 11 is 0. The lowest BCUT2D eigenvalue weighted by Gasteiger charge is -2.32. The van der Waals surface area contributed by atoms with Crippen molar-refractivity contribution in [2.45, 2.75) is 58.0 Å². The van der Waals surface area contributed by atoms with Crippen molar-refractivity contribution in [2.24, 2.45) is 0 Å². The molecular weight excluding hydrogens is 262 g/mol. The molecule has 2 unspecified atom stereocenters. The molecule has 2 atom stereocenters. The van der Waals surface area contributed by atoms with Gasteiger partial charge < -0.3 is 10.6 Å². The van der Waals surface area contributed by atoms with E-state index < -0.39 is 0 Å².